The molecule has 1 aromatic carbocycles. The fraction of sp³-hybridized carbons (Fsp3) is 0.368. The van der Waals surface area contributed by atoms with Gasteiger partial charge in [-0.2, -0.15) is 0 Å². The molecule has 0 aliphatic carbocycles. The lowest BCUT2D eigenvalue weighted by Crippen LogP contribution is -2.52. The number of aromatic nitrogens is 1. The summed E-state index contributed by atoms with van der Waals surface area (Å²) in [6, 6.07) is 11.5. The molecule has 0 radical (unpaired) electrons. The number of benzene rings is 1. The zero-order valence-electron chi connectivity index (χ0n) is 13.9. The number of halogens is 1. The molecule has 2 aromatic rings. The van der Waals surface area contributed by atoms with Crippen LogP contribution in [0.15, 0.2) is 42.6 Å². The monoisotopic (exact) mass is 357 g/mol. The summed E-state index contributed by atoms with van der Waals surface area (Å²) < 4.78 is 5.83. The van der Waals surface area contributed by atoms with E-state index in [1.165, 1.54) is 0 Å². The summed E-state index contributed by atoms with van der Waals surface area (Å²) in [5.41, 5.74) is 2.08. The molecule has 130 valence electrons. The van der Waals surface area contributed by atoms with Gasteiger partial charge in [-0.3, -0.25) is 14.7 Å². The number of carbonyl (C=O) groups is 1. The Morgan fingerprint density at radius 1 is 1.20 bits per heavy atom. The minimum Gasteiger partial charge on any atom is -0.480 e. The Hall–Kier alpha value is -2.11. The lowest BCUT2D eigenvalue weighted by molar-refractivity contribution is -0.139. The number of ether oxygens (including phenoxy) is 1. The van der Waals surface area contributed by atoms with Crippen molar-refractivity contribution in [1.29, 1.82) is 0 Å². The van der Waals surface area contributed by atoms with Gasteiger partial charge >= 0.3 is 0 Å². The second-order valence-electron chi connectivity index (χ2n) is 6.49. The van der Waals surface area contributed by atoms with E-state index in [1.807, 2.05) is 41.4 Å². The van der Waals surface area contributed by atoms with E-state index in [-0.39, 0.29) is 5.91 Å². The van der Waals surface area contributed by atoms with Crippen LogP contribution in [0.5, 0.6) is 5.75 Å². The van der Waals surface area contributed by atoms with E-state index in [9.17, 15) is 4.79 Å². The van der Waals surface area contributed by atoms with Crippen molar-refractivity contribution in [3.8, 4) is 5.75 Å². The topological polar surface area (TPSA) is 45.7 Å². The molecule has 25 heavy (non-hydrogen) atoms. The van der Waals surface area contributed by atoms with Crippen LogP contribution in [-0.4, -0.2) is 53.0 Å². The fourth-order valence-corrected chi connectivity index (χ4v) is 3.60. The minimum atomic E-state index is -0.421. The van der Waals surface area contributed by atoms with Crippen LogP contribution in [0.2, 0.25) is 5.02 Å². The highest BCUT2D eigenvalue weighted by Gasteiger charge is 2.33. The van der Waals surface area contributed by atoms with Gasteiger partial charge in [0.05, 0.1) is 5.69 Å². The zero-order chi connectivity index (χ0) is 17.2. The van der Waals surface area contributed by atoms with Gasteiger partial charge in [0.1, 0.15) is 5.75 Å². The van der Waals surface area contributed by atoms with Gasteiger partial charge in [0.15, 0.2) is 6.10 Å². The highest BCUT2D eigenvalue weighted by molar-refractivity contribution is 6.30. The molecule has 3 heterocycles. The van der Waals surface area contributed by atoms with Gasteiger partial charge < -0.3 is 9.64 Å². The first kappa shape index (κ1) is 16.4. The number of fused-ring (bicyclic) bond motifs is 1. The molecule has 0 spiro atoms. The van der Waals surface area contributed by atoms with Crippen LogP contribution in [0.3, 0.4) is 0 Å². The summed E-state index contributed by atoms with van der Waals surface area (Å²) in [7, 11) is 0. The van der Waals surface area contributed by atoms with Gasteiger partial charge in [0.2, 0.25) is 0 Å². The normalized spacial score (nSPS) is 20.2. The standard InChI is InChI=1S/C19H20ClN3O2/c20-15-4-5-17-14(11-15)12-18(25-17)19(24)23-9-7-22(8-10-23)13-16-3-1-2-6-21-16/h1-6,11,18H,7-10,12-13H2/t18-/m0/s1. The Kier molecular flexibility index (Phi) is 4.59. The number of hydrogen-bond donors (Lipinski definition) is 0. The molecule has 1 fully saturated rings. The summed E-state index contributed by atoms with van der Waals surface area (Å²) in [5, 5.41) is 0.679. The molecule has 5 nitrogen and oxygen atoms in total. The van der Waals surface area contributed by atoms with Crippen molar-refractivity contribution in [1.82, 2.24) is 14.8 Å². The number of rotatable bonds is 3. The maximum atomic E-state index is 12.8. The van der Waals surface area contributed by atoms with E-state index >= 15 is 0 Å². The van der Waals surface area contributed by atoms with Crippen molar-refractivity contribution < 1.29 is 9.53 Å². The molecular weight excluding hydrogens is 338 g/mol. The first-order chi connectivity index (χ1) is 12.2. The number of hydrogen-bond acceptors (Lipinski definition) is 4. The smallest absolute Gasteiger partial charge is 0.264 e. The quantitative estimate of drug-likeness (QED) is 0.846. The maximum Gasteiger partial charge on any atom is 0.264 e. The van der Waals surface area contributed by atoms with Crippen molar-refractivity contribution in [2.45, 2.75) is 19.1 Å². The SMILES string of the molecule is O=C([C@@H]1Cc2cc(Cl)ccc2O1)N1CCN(Cc2ccccn2)CC1. The van der Waals surface area contributed by atoms with Crippen LogP contribution in [0, 0.1) is 0 Å². The molecule has 0 saturated carbocycles. The van der Waals surface area contributed by atoms with E-state index in [2.05, 4.69) is 9.88 Å². The molecule has 4 rings (SSSR count). The first-order valence-corrected chi connectivity index (χ1v) is 8.93. The number of piperazine rings is 1. The molecule has 0 N–H and O–H groups in total. The summed E-state index contributed by atoms with van der Waals surface area (Å²) in [4.78, 5) is 21.4. The van der Waals surface area contributed by atoms with Crippen LogP contribution in [-0.2, 0) is 17.8 Å². The van der Waals surface area contributed by atoms with Crippen molar-refractivity contribution in [2.24, 2.45) is 0 Å². The maximum absolute atomic E-state index is 12.8. The van der Waals surface area contributed by atoms with Crippen molar-refractivity contribution in [3.63, 3.8) is 0 Å². The third kappa shape index (κ3) is 3.62. The Bertz CT molecular complexity index is 761. The Morgan fingerprint density at radius 2 is 2.04 bits per heavy atom. The van der Waals surface area contributed by atoms with Crippen LogP contribution < -0.4 is 4.74 Å². The van der Waals surface area contributed by atoms with Gasteiger partial charge in [-0.05, 0) is 35.9 Å². The number of nitrogens with zero attached hydrogens (tertiary/aromatic N) is 3. The molecule has 1 saturated heterocycles. The number of pyridine rings is 1. The molecule has 0 unspecified atom stereocenters. The molecule has 1 amide bonds. The van der Waals surface area contributed by atoms with Crippen molar-refractivity contribution in [2.75, 3.05) is 26.2 Å². The highest BCUT2D eigenvalue weighted by Crippen LogP contribution is 2.31. The largest absolute Gasteiger partial charge is 0.480 e. The van der Waals surface area contributed by atoms with E-state index in [4.69, 9.17) is 16.3 Å². The third-order valence-electron chi connectivity index (χ3n) is 4.77. The fourth-order valence-electron chi connectivity index (χ4n) is 3.41. The average molecular weight is 358 g/mol. The van der Waals surface area contributed by atoms with Gasteiger partial charge in [0.25, 0.3) is 5.91 Å². The van der Waals surface area contributed by atoms with Crippen LogP contribution in [0.25, 0.3) is 0 Å². The van der Waals surface area contributed by atoms with Crippen molar-refractivity contribution in [3.05, 3.63) is 58.9 Å². The predicted octanol–water partition coefficient (Wildman–Crippen LogP) is 2.38. The van der Waals surface area contributed by atoms with Gasteiger partial charge in [-0.25, -0.2) is 0 Å². The Morgan fingerprint density at radius 3 is 2.80 bits per heavy atom. The van der Waals surface area contributed by atoms with E-state index < -0.39 is 6.10 Å². The highest BCUT2D eigenvalue weighted by atomic mass is 35.5. The average Bonchev–Trinajstić information content (AvgIpc) is 3.06. The lowest BCUT2D eigenvalue weighted by atomic mass is 10.1. The molecular formula is C19H20ClN3O2. The molecule has 0 bridgehead atoms. The van der Waals surface area contributed by atoms with E-state index in [0.717, 1.165) is 49.7 Å². The van der Waals surface area contributed by atoms with Gasteiger partial charge in [-0.1, -0.05) is 17.7 Å². The molecule has 1 atom stereocenters. The number of amides is 1. The predicted molar refractivity (Wildman–Crippen MR) is 95.7 cm³/mol. The zero-order valence-corrected chi connectivity index (χ0v) is 14.7. The second-order valence-corrected chi connectivity index (χ2v) is 6.92. The molecule has 2 aliphatic heterocycles. The second kappa shape index (κ2) is 7.02. The van der Waals surface area contributed by atoms with Gasteiger partial charge in [-0.15, -0.1) is 0 Å². The van der Waals surface area contributed by atoms with E-state index in [0.29, 0.717) is 11.4 Å². The molecule has 6 heteroatoms. The summed E-state index contributed by atoms with van der Waals surface area (Å²) in [5.74, 6) is 0.848. The molecule has 1 aromatic heterocycles. The lowest BCUT2D eigenvalue weighted by Gasteiger charge is -2.35. The Labute approximate surface area is 152 Å². The molecule has 2 aliphatic rings. The van der Waals surface area contributed by atoms with Crippen LogP contribution >= 0.6 is 11.6 Å². The Balaban J connectivity index is 1.32. The third-order valence-corrected chi connectivity index (χ3v) is 5.00. The first-order valence-electron chi connectivity index (χ1n) is 8.55. The number of carbonyl (C=O) groups excluding carboxylic acids is 1. The van der Waals surface area contributed by atoms with Gasteiger partial charge in [0, 0.05) is 50.4 Å². The van der Waals surface area contributed by atoms with E-state index in [1.54, 1.807) is 6.07 Å². The summed E-state index contributed by atoms with van der Waals surface area (Å²) in [6.45, 7) is 3.99. The van der Waals surface area contributed by atoms with Crippen LogP contribution in [0.1, 0.15) is 11.3 Å². The summed E-state index contributed by atoms with van der Waals surface area (Å²) >= 11 is 6.02. The minimum absolute atomic E-state index is 0.0739. The van der Waals surface area contributed by atoms with Crippen molar-refractivity contribution >= 4 is 17.5 Å². The summed E-state index contributed by atoms with van der Waals surface area (Å²) in [6.07, 6.45) is 2.00. The van der Waals surface area contributed by atoms with Crippen LogP contribution in [0.4, 0.5) is 0 Å².